The molecule has 0 radical (unpaired) electrons. The van der Waals surface area contributed by atoms with Crippen LogP contribution in [0.1, 0.15) is 54.8 Å². The van der Waals surface area contributed by atoms with E-state index in [0.717, 1.165) is 5.75 Å². The van der Waals surface area contributed by atoms with Gasteiger partial charge in [0.05, 0.1) is 23.2 Å². The predicted molar refractivity (Wildman–Crippen MR) is 103 cm³/mol. The molecule has 0 unspecified atom stereocenters. The summed E-state index contributed by atoms with van der Waals surface area (Å²) in [5, 5.41) is 2.83. The molecule has 2 rings (SSSR count). The summed E-state index contributed by atoms with van der Waals surface area (Å²) in [4.78, 5) is 38.8. The van der Waals surface area contributed by atoms with Crippen molar-refractivity contribution in [3.8, 4) is 0 Å². The molecule has 0 bridgehead atoms. The molecule has 0 aromatic heterocycles. The Morgan fingerprint density at radius 1 is 1.19 bits per heavy atom. The Kier molecular flexibility index (Phi) is 6.34. The summed E-state index contributed by atoms with van der Waals surface area (Å²) in [5.74, 6) is 0.144. The van der Waals surface area contributed by atoms with Gasteiger partial charge in [-0.3, -0.25) is 14.5 Å². The molecule has 0 fully saturated rings. The number of benzene rings is 1. The number of rotatable bonds is 6. The Morgan fingerprint density at radius 2 is 1.73 bits per heavy atom. The Bertz CT molecular complexity index is 664. The number of ether oxygens (including phenoxy) is 1. The van der Waals surface area contributed by atoms with Gasteiger partial charge in [0.15, 0.2) is 0 Å². The smallest absolute Gasteiger partial charge is 0.407 e. The summed E-state index contributed by atoms with van der Waals surface area (Å²) in [7, 11) is 0. The number of amides is 3. The van der Waals surface area contributed by atoms with E-state index < -0.39 is 17.7 Å². The van der Waals surface area contributed by atoms with E-state index in [9.17, 15) is 14.4 Å². The second kappa shape index (κ2) is 8.12. The van der Waals surface area contributed by atoms with Gasteiger partial charge in [-0.2, -0.15) is 11.8 Å². The third kappa shape index (κ3) is 4.58. The van der Waals surface area contributed by atoms with Crippen LogP contribution in [0.4, 0.5) is 4.79 Å². The van der Waals surface area contributed by atoms with Crippen molar-refractivity contribution in [1.29, 1.82) is 0 Å². The molecule has 1 aliphatic heterocycles. The summed E-state index contributed by atoms with van der Waals surface area (Å²) in [6, 6.07) is 5.91. The first-order valence-corrected chi connectivity index (χ1v) is 10.0. The first-order valence-electron chi connectivity index (χ1n) is 8.61. The Hall–Kier alpha value is -2.02. The maximum Gasteiger partial charge on any atom is 0.407 e. The van der Waals surface area contributed by atoms with Gasteiger partial charge in [0.1, 0.15) is 5.60 Å². The third-order valence-corrected chi connectivity index (χ3v) is 4.79. The van der Waals surface area contributed by atoms with E-state index in [4.69, 9.17) is 4.74 Å². The van der Waals surface area contributed by atoms with E-state index in [1.165, 1.54) is 4.90 Å². The van der Waals surface area contributed by atoms with Crippen molar-refractivity contribution in [2.45, 2.75) is 51.8 Å². The van der Waals surface area contributed by atoms with Crippen LogP contribution in [-0.4, -0.2) is 52.5 Å². The first-order chi connectivity index (χ1) is 12.2. The van der Waals surface area contributed by atoms with E-state index in [-0.39, 0.29) is 17.9 Å². The van der Waals surface area contributed by atoms with Gasteiger partial charge >= 0.3 is 6.09 Å². The van der Waals surface area contributed by atoms with Crippen LogP contribution in [-0.2, 0) is 4.74 Å². The van der Waals surface area contributed by atoms with E-state index in [1.807, 2.05) is 6.26 Å². The molecule has 1 aliphatic rings. The molecule has 142 valence electrons. The molecule has 0 saturated heterocycles. The van der Waals surface area contributed by atoms with Gasteiger partial charge in [-0.25, -0.2) is 4.79 Å². The number of thioether (sulfide) groups is 1. The number of carbonyl (C=O) groups excluding carboxylic acids is 3. The molecule has 2 atom stereocenters. The minimum Gasteiger partial charge on any atom is -0.444 e. The van der Waals surface area contributed by atoms with Gasteiger partial charge in [0, 0.05) is 0 Å². The highest BCUT2D eigenvalue weighted by Crippen LogP contribution is 2.26. The summed E-state index contributed by atoms with van der Waals surface area (Å²) < 4.78 is 5.33. The normalized spacial score (nSPS) is 16.3. The zero-order valence-corrected chi connectivity index (χ0v) is 16.7. The highest BCUT2D eigenvalue weighted by molar-refractivity contribution is 7.98. The average molecular weight is 378 g/mol. The van der Waals surface area contributed by atoms with E-state index in [0.29, 0.717) is 17.5 Å². The molecular formula is C19H26N2O4S. The van der Waals surface area contributed by atoms with Gasteiger partial charge in [-0.15, -0.1) is 0 Å². The van der Waals surface area contributed by atoms with Crippen LogP contribution in [0, 0.1) is 0 Å². The quantitative estimate of drug-likeness (QED) is 0.769. The van der Waals surface area contributed by atoms with Gasteiger partial charge in [0.25, 0.3) is 11.8 Å². The van der Waals surface area contributed by atoms with Gasteiger partial charge in [0.2, 0.25) is 0 Å². The molecule has 1 aromatic rings. The summed E-state index contributed by atoms with van der Waals surface area (Å²) in [6.07, 6.45) is 2.04. The minimum atomic E-state index is -0.618. The van der Waals surface area contributed by atoms with Crippen LogP contribution in [0.2, 0.25) is 0 Å². The van der Waals surface area contributed by atoms with Crippen LogP contribution in [0.3, 0.4) is 0 Å². The van der Waals surface area contributed by atoms with Crippen molar-refractivity contribution in [1.82, 2.24) is 10.2 Å². The lowest BCUT2D eigenvalue weighted by molar-refractivity contribution is 0.0420. The van der Waals surface area contributed by atoms with Crippen molar-refractivity contribution in [2.24, 2.45) is 0 Å². The number of nitrogens with one attached hydrogen (secondary N) is 1. The number of hydrogen-bond donors (Lipinski definition) is 1. The van der Waals surface area contributed by atoms with Crippen molar-refractivity contribution < 1.29 is 19.1 Å². The second-order valence-corrected chi connectivity index (χ2v) is 8.29. The number of imide groups is 1. The van der Waals surface area contributed by atoms with E-state index in [2.05, 4.69) is 5.32 Å². The van der Waals surface area contributed by atoms with Crippen LogP contribution < -0.4 is 5.32 Å². The summed E-state index contributed by atoms with van der Waals surface area (Å²) in [5.41, 5.74) is 0.197. The van der Waals surface area contributed by atoms with Crippen molar-refractivity contribution in [3.63, 3.8) is 0 Å². The van der Waals surface area contributed by atoms with E-state index in [1.54, 1.807) is 63.7 Å². The Morgan fingerprint density at radius 3 is 2.19 bits per heavy atom. The maximum atomic E-state index is 12.7. The molecule has 7 heteroatoms. The highest BCUT2D eigenvalue weighted by atomic mass is 32.2. The molecule has 26 heavy (non-hydrogen) atoms. The molecular weight excluding hydrogens is 352 g/mol. The largest absolute Gasteiger partial charge is 0.444 e. The summed E-state index contributed by atoms with van der Waals surface area (Å²) in [6.45, 7) is 7.15. The fourth-order valence-electron chi connectivity index (χ4n) is 2.90. The SMILES string of the molecule is CSCC[C@@H](NC(=O)OC(C)(C)C)[C@H](C)N1C(=O)c2ccccc2C1=O. The van der Waals surface area contributed by atoms with Crippen LogP contribution in [0.25, 0.3) is 0 Å². The minimum absolute atomic E-state index is 0.321. The Labute approximate surface area is 158 Å². The van der Waals surface area contributed by atoms with Gasteiger partial charge in [-0.05, 0) is 58.3 Å². The topological polar surface area (TPSA) is 75.7 Å². The summed E-state index contributed by atoms with van der Waals surface area (Å²) >= 11 is 1.64. The first kappa shape index (κ1) is 20.3. The Balaban J connectivity index is 2.19. The molecule has 0 aliphatic carbocycles. The van der Waals surface area contributed by atoms with Crippen LogP contribution >= 0.6 is 11.8 Å². The number of nitrogens with zero attached hydrogens (tertiary/aromatic N) is 1. The lowest BCUT2D eigenvalue weighted by atomic mass is 10.1. The fourth-order valence-corrected chi connectivity index (χ4v) is 3.39. The predicted octanol–water partition coefficient (Wildman–Crippen LogP) is 3.32. The van der Waals surface area contributed by atoms with Crippen LogP contribution in [0.5, 0.6) is 0 Å². The van der Waals surface area contributed by atoms with Crippen molar-refractivity contribution >= 4 is 29.7 Å². The molecule has 3 amide bonds. The monoisotopic (exact) mass is 378 g/mol. The lowest BCUT2D eigenvalue weighted by Gasteiger charge is -2.32. The zero-order chi connectivity index (χ0) is 19.5. The number of carbonyl (C=O) groups is 3. The average Bonchev–Trinajstić information content (AvgIpc) is 2.81. The molecule has 0 saturated carbocycles. The highest BCUT2D eigenvalue weighted by Gasteiger charge is 2.41. The molecule has 1 N–H and O–H groups in total. The lowest BCUT2D eigenvalue weighted by Crippen LogP contribution is -2.53. The number of hydrogen-bond acceptors (Lipinski definition) is 5. The molecule has 1 aromatic carbocycles. The zero-order valence-electron chi connectivity index (χ0n) is 15.9. The number of fused-ring (bicyclic) bond motifs is 1. The third-order valence-electron chi connectivity index (χ3n) is 4.15. The van der Waals surface area contributed by atoms with Gasteiger partial charge < -0.3 is 10.1 Å². The molecule has 1 heterocycles. The van der Waals surface area contributed by atoms with Crippen molar-refractivity contribution in [2.75, 3.05) is 12.0 Å². The van der Waals surface area contributed by atoms with Gasteiger partial charge in [-0.1, -0.05) is 12.1 Å². The molecule has 6 nitrogen and oxygen atoms in total. The van der Waals surface area contributed by atoms with E-state index >= 15 is 0 Å². The van der Waals surface area contributed by atoms with Crippen LogP contribution in [0.15, 0.2) is 24.3 Å². The molecule has 0 spiro atoms. The standard InChI is InChI=1S/C19H26N2O4S/c1-12(15(10-11-26-5)20-18(24)25-19(2,3)4)21-16(22)13-8-6-7-9-14(13)17(21)23/h6-9,12,15H,10-11H2,1-5H3,(H,20,24)/t12-,15+/m0/s1. The second-order valence-electron chi connectivity index (χ2n) is 7.30. The number of alkyl carbamates (subject to hydrolysis) is 1. The maximum absolute atomic E-state index is 12.7. The van der Waals surface area contributed by atoms with Crippen molar-refractivity contribution in [3.05, 3.63) is 35.4 Å². The fraction of sp³-hybridized carbons (Fsp3) is 0.526.